The van der Waals surface area contributed by atoms with Gasteiger partial charge in [0, 0.05) is 37.7 Å². The quantitative estimate of drug-likeness (QED) is 0.844. The van der Waals surface area contributed by atoms with E-state index in [9.17, 15) is 4.79 Å². The van der Waals surface area contributed by atoms with Gasteiger partial charge in [-0.2, -0.15) is 0 Å². The Bertz CT molecular complexity index is 348. The van der Waals surface area contributed by atoms with Crippen molar-refractivity contribution in [1.29, 1.82) is 0 Å². The summed E-state index contributed by atoms with van der Waals surface area (Å²) in [6, 6.07) is 2.62. The molecule has 4 heteroatoms. The highest BCUT2D eigenvalue weighted by Gasteiger charge is 2.24. The van der Waals surface area contributed by atoms with E-state index in [1.165, 1.54) is 0 Å². The van der Waals surface area contributed by atoms with E-state index in [4.69, 9.17) is 4.42 Å². The largest absolute Gasteiger partial charge is 0.472 e. The first-order valence-corrected chi connectivity index (χ1v) is 5.69. The van der Waals surface area contributed by atoms with Gasteiger partial charge in [-0.15, -0.1) is 0 Å². The van der Waals surface area contributed by atoms with Crippen LogP contribution in [-0.2, 0) is 4.79 Å². The van der Waals surface area contributed by atoms with Crippen LogP contribution in [-0.4, -0.2) is 30.4 Å². The molecule has 1 aliphatic heterocycles. The Morgan fingerprint density at radius 1 is 1.62 bits per heavy atom. The van der Waals surface area contributed by atoms with Gasteiger partial charge in [-0.25, -0.2) is 0 Å². The average Bonchev–Trinajstić information content (AvgIpc) is 2.77. The summed E-state index contributed by atoms with van der Waals surface area (Å²) in [6.45, 7) is 2.91. The molecule has 2 rings (SSSR count). The zero-order valence-electron chi connectivity index (χ0n) is 9.77. The first-order chi connectivity index (χ1) is 7.66. The molecule has 1 aliphatic rings. The molecule has 1 fully saturated rings. The minimum Gasteiger partial charge on any atom is -0.472 e. The first-order valence-electron chi connectivity index (χ1n) is 5.69. The van der Waals surface area contributed by atoms with Crippen LogP contribution in [0.3, 0.4) is 0 Å². The summed E-state index contributed by atoms with van der Waals surface area (Å²) >= 11 is 0. The van der Waals surface area contributed by atoms with E-state index in [1.54, 1.807) is 17.4 Å². The second-order valence-electron chi connectivity index (χ2n) is 4.45. The molecule has 88 valence electrons. The van der Waals surface area contributed by atoms with E-state index in [0.29, 0.717) is 12.5 Å². The molecule has 4 nitrogen and oxygen atoms in total. The molecule has 1 N–H and O–H groups in total. The lowest BCUT2D eigenvalue weighted by Gasteiger charge is -2.32. The third-order valence-electron chi connectivity index (χ3n) is 3.16. The van der Waals surface area contributed by atoms with Gasteiger partial charge in [-0.1, -0.05) is 0 Å². The smallest absolute Gasteiger partial charge is 0.222 e. The Morgan fingerprint density at radius 3 is 3.06 bits per heavy atom. The number of furan rings is 1. The van der Waals surface area contributed by atoms with Crippen LogP contribution in [0.25, 0.3) is 0 Å². The molecule has 0 aromatic carbocycles. The molecule has 0 radical (unpaired) electrons. The van der Waals surface area contributed by atoms with Crippen molar-refractivity contribution in [3.63, 3.8) is 0 Å². The molecule has 0 spiro atoms. The van der Waals surface area contributed by atoms with Crippen LogP contribution in [0.4, 0.5) is 0 Å². The molecule has 1 saturated heterocycles. The molecule has 16 heavy (non-hydrogen) atoms. The Kier molecular flexibility index (Phi) is 3.29. The van der Waals surface area contributed by atoms with Crippen LogP contribution in [0, 0.1) is 0 Å². The number of rotatable bonds is 3. The highest BCUT2D eigenvalue weighted by Crippen LogP contribution is 2.17. The fourth-order valence-electron chi connectivity index (χ4n) is 2.12. The Morgan fingerprint density at radius 2 is 2.44 bits per heavy atom. The van der Waals surface area contributed by atoms with E-state index < -0.39 is 0 Å². The summed E-state index contributed by atoms with van der Waals surface area (Å²) in [7, 11) is 1.86. The number of carbonyl (C=O) groups is 1. The van der Waals surface area contributed by atoms with Gasteiger partial charge in [-0.3, -0.25) is 4.79 Å². The van der Waals surface area contributed by atoms with E-state index in [1.807, 2.05) is 13.1 Å². The zero-order chi connectivity index (χ0) is 11.5. The van der Waals surface area contributed by atoms with Crippen LogP contribution < -0.4 is 5.32 Å². The van der Waals surface area contributed by atoms with E-state index >= 15 is 0 Å². The second-order valence-corrected chi connectivity index (χ2v) is 4.45. The van der Waals surface area contributed by atoms with Crippen LogP contribution in [0.15, 0.2) is 23.0 Å². The van der Waals surface area contributed by atoms with E-state index in [2.05, 4.69) is 12.2 Å². The number of nitrogens with zero attached hydrogens (tertiary/aromatic N) is 1. The molecular weight excluding hydrogens is 204 g/mol. The molecule has 1 amide bonds. The van der Waals surface area contributed by atoms with Crippen LogP contribution >= 0.6 is 0 Å². The van der Waals surface area contributed by atoms with Gasteiger partial charge in [0.1, 0.15) is 0 Å². The van der Waals surface area contributed by atoms with Crippen LogP contribution in [0.5, 0.6) is 0 Å². The Balaban J connectivity index is 1.88. The van der Waals surface area contributed by atoms with Crippen molar-refractivity contribution in [3.8, 4) is 0 Å². The average molecular weight is 222 g/mol. The zero-order valence-corrected chi connectivity index (χ0v) is 9.77. The van der Waals surface area contributed by atoms with Crippen molar-refractivity contribution < 1.29 is 9.21 Å². The van der Waals surface area contributed by atoms with Crippen LogP contribution in [0.2, 0.25) is 0 Å². The van der Waals surface area contributed by atoms with Gasteiger partial charge in [-0.05, 0) is 19.4 Å². The monoisotopic (exact) mass is 222 g/mol. The summed E-state index contributed by atoms with van der Waals surface area (Å²) in [5, 5.41) is 3.52. The lowest BCUT2D eigenvalue weighted by Crippen LogP contribution is -2.47. The molecule has 0 saturated carbocycles. The predicted molar refractivity (Wildman–Crippen MR) is 60.9 cm³/mol. The third-order valence-corrected chi connectivity index (χ3v) is 3.16. The van der Waals surface area contributed by atoms with Crippen molar-refractivity contribution >= 4 is 5.91 Å². The summed E-state index contributed by atoms with van der Waals surface area (Å²) < 4.78 is 5.06. The van der Waals surface area contributed by atoms with Crippen molar-refractivity contribution in [2.45, 2.75) is 31.8 Å². The minimum atomic E-state index is 0.244. The highest BCUT2D eigenvalue weighted by molar-refractivity contribution is 5.76. The number of hydrogen-bond acceptors (Lipinski definition) is 3. The Labute approximate surface area is 95.6 Å². The molecule has 0 bridgehead atoms. The summed E-state index contributed by atoms with van der Waals surface area (Å²) in [5.41, 5.74) is 1.15. The lowest BCUT2D eigenvalue weighted by atomic mass is 10.0. The highest BCUT2D eigenvalue weighted by atomic mass is 16.3. The maximum Gasteiger partial charge on any atom is 0.222 e. The SMILES string of the molecule is CC(NC1CCC(=O)N(C)C1)c1ccoc1. The predicted octanol–water partition coefficient (Wildman–Crippen LogP) is 1.55. The molecule has 2 heterocycles. The number of likely N-dealkylation sites (N-methyl/N-ethyl adjacent to an activating group) is 1. The molecule has 0 aliphatic carbocycles. The summed E-state index contributed by atoms with van der Waals surface area (Å²) in [6.07, 6.45) is 5.01. The fraction of sp³-hybridized carbons (Fsp3) is 0.583. The van der Waals surface area contributed by atoms with Gasteiger partial charge >= 0.3 is 0 Å². The first kappa shape index (κ1) is 11.2. The van der Waals surface area contributed by atoms with Crippen LogP contribution in [0.1, 0.15) is 31.4 Å². The maximum absolute atomic E-state index is 11.3. The van der Waals surface area contributed by atoms with E-state index in [0.717, 1.165) is 18.5 Å². The molecule has 2 unspecified atom stereocenters. The standard InChI is InChI=1S/C12H18N2O2/c1-9(10-5-6-16-8-10)13-11-3-4-12(15)14(2)7-11/h5-6,8-9,11,13H,3-4,7H2,1-2H3. The van der Waals surface area contributed by atoms with E-state index in [-0.39, 0.29) is 11.9 Å². The topological polar surface area (TPSA) is 45.5 Å². The van der Waals surface area contributed by atoms with Crippen molar-refractivity contribution in [1.82, 2.24) is 10.2 Å². The maximum atomic E-state index is 11.3. The fourth-order valence-corrected chi connectivity index (χ4v) is 2.12. The molecule has 2 atom stereocenters. The number of nitrogens with one attached hydrogen (secondary N) is 1. The molecule has 1 aromatic rings. The summed E-state index contributed by atoms with van der Waals surface area (Å²) in [5.74, 6) is 0.244. The number of amides is 1. The van der Waals surface area contributed by atoms with Gasteiger partial charge < -0.3 is 14.6 Å². The molecule has 1 aromatic heterocycles. The van der Waals surface area contributed by atoms with Crippen molar-refractivity contribution in [2.75, 3.05) is 13.6 Å². The Hall–Kier alpha value is -1.29. The second kappa shape index (κ2) is 4.70. The van der Waals surface area contributed by atoms with Crippen molar-refractivity contribution in [3.05, 3.63) is 24.2 Å². The number of piperidine rings is 1. The van der Waals surface area contributed by atoms with Gasteiger partial charge in [0.05, 0.1) is 12.5 Å². The molecular formula is C12H18N2O2. The minimum absolute atomic E-state index is 0.244. The number of likely N-dealkylation sites (tertiary alicyclic amines) is 1. The number of carbonyl (C=O) groups excluding carboxylic acids is 1. The number of hydrogen-bond donors (Lipinski definition) is 1. The van der Waals surface area contributed by atoms with Crippen molar-refractivity contribution in [2.24, 2.45) is 0 Å². The normalized spacial score (nSPS) is 23.5. The van der Waals surface area contributed by atoms with Gasteiger partial charge in [0.25, 0.3) is 0 Å². The summed E-state index contributed by atoms with van der Waals surface area (Å²) in [4.78, 5) is 13.1. The third kappa shape index (κ3) is 2.44. The lowest BCUT2D eigenvalue weighted by molar-refractivity contribution is -0.132. The van der Waals surface area contributed by atoms with Gasteiger partial charge in [0.15, 0.2) is 0 Å². The van der Waals surface area contributed by atoms with Gasteiger partial charge in [0.2, 0.25) is 5.91 Å².